The largest absolute Gasteiger partial charge is 0.326 e. The van der Waals surface area contributed by atoms with Gasteiger partial charge < -0.3 is 10.2 Å². The van der Waals surface area contributed by atoms with E-state index in [0.717, 1.165) is 26.2 Å². The van der Waals surface area contributed by atoms with Gasteiger partial charge in [-0.05, 0) is 30.7 Å². The zero-order chi connectivity index (χ0) is 21.7. The van der Waals surface area contributed by atoms with E-state index in [1.54, 1.807) is 25.1 Å². The van der Waals surface area contributed by atoms with E-state index in [-0.39, 0.29) is 17.4 Å². The number of nitrogens with one attached hydrogen (secondary N) is 1. The molecule has 0 spiro atoms. The van der Waals surface area contributed by atoms with Crippen LogP contribution < -0.4 is 5.32 Å². The fraction of sp³-hybridized carbons (Fsp3) is 0.381. The number of piperazine rings is 1. The van der Waals surface area contributed by atoms with Crippen LogP contribution >= 0.6 is 11.6 Å². The van der Waals surface area contributed by atoms with Gasteiger partial charge in [-0.15, -0.1) is 0 Å². The van der Waals surface area contributed by atoms with Crippen molar-refractivity contribution in [3.8, 4) is 0 Å². The van der Waals surface area contributed by atoms with Crippen LogP contribution in [0.5, 0.6) is 0 Å². The molecule has 2 aromatic rings. The predicted molar refractivity (Wildman–Crippen MR) is 114 cm³/mol. The standard InChI is InChI=1S/C21H24ClFN4O3/c1-15-13-16(27(29)30)5-6-20(15)24-21(28)7-8-25-9-11-26(12-10-25)14-17-18(22)3-2-4-19(17)23/h2-6,13H,7-12,14H2,1H3,(H,24,28). The van der Waals surface area contributed by atoms with Gasteiger partial charge in [0, 0.05) is 74.1 Å². The Balaban J connectivity index is 1.43. The summed E-state index contributed by atoms with van der Waals surface area (Å²) in [5.74, 6) is -0.421. The summed E-state index contributed by atoms with van der Waals surface area (Å²) in [6.45, 7) is 5.93. The number of nitrogens with zero attached hydrogens (tertiary/aromatic N) is 3. The van der Waals surface area contributed by atoms with Gasteiger partial charge in [0.2, 0.25) is 5.91 Å². The Morgan fingerprint density at radius 1 is 1.20 bits per heavy atom. The summed E-state index contributed by atoms with van der Waals surface area (Å²) in [7, 11) is 0. The molecule has 0 aromatic heterocycles. The third kappa shape index (κ3) is 5.75. The molecular formula is C21H24ClFN4O3. The minimum atomic E-state index is -0.460. The van der Waals surface area contributed by atoms with E-state index in [9.17, 15) is 19.3 Å². The number of amides is 1. The number of nitro groups is 1. The number of anilines is 1. The fourth-order valence-corrected chi connectivity index (χ4v) is 3.67. The lowest BCUT2D eigenvalue weighted by Gasteiger charge is -2.34. The number of non-ortho nitro benzene ring substituents is 1. The van der Waals surface area contributed by atoms with Crippen LogP contribution in [-0.2, 0) is 11.3 Å². The van der Waals surface area contributed by atoms with Crippen LogP contribution in [0.2, 0.25) is 5.02 Å². The van der Waals surface area contributed by atoms with Crippen LogP contribution in [0.25, 0.3) is 0 Å². The summed E-state index contributed by atoms with van der Waals surface area (Å²) in [5.41, 5.74) is 1.75. The molecule has 1 saturated heterocycles. The lowest BCUT2D eigenvalue weighted by Crippen LogP contribution is -2.46. The van der Waals surface area contributed by atoms with Crippen molar-refractivity contribution in [3.63, 3.8) is 0 Å². The SMILES string of the molecule is Cc1cc([N+](=O)[O-])ccc1NC(=O)CCN1CCN(Cc2c(F)cccc2Cl)CC1. The van der Waals surface area contributed by atoms with Gasteiger partial charge in [0.05, 0.1) is 4.92 Å². The Morgan fingerprint density at radius 2 is 1.90 bits per heavy atom. The molecule has 1 amide bonds. The number of rotatable bonds is 7. The van der Waals surface area contributed by atoms with Crippen molar-refractivity contribution in [2.75, 3.05) is 38.0 Å². The molecule has 1 aliphatic heterocycles. The highest BCUT2D eigenvalue weighted by Crippen LogP contribution is 2.22. The predicted octanol–water partition coefficient (Wildman–Crippen LogP) is 3.84. The molecule has 30 heavy (non-hydrogen) atoms. The first-order chi connectivity index (χ1) is 14.3. The fourth-order valence-electron chi connectivity index (χ4n) is 3.45. The van der Waals surface area contributed by atoms with Crippen molar-refractivity contribution in [2.24, 2.45) is 0 Å². The highest BCUT2D eigenvalue weighted by atomic mass is 35.5. The lowest BCUT2D eigenvalue weighted by atomic mass is 10.1. The smallest absolute Gasteiger partial charge is 0.269 e. The normalized spacial score (nSPS) is 15.2. The molecule has 0 saturated carbocycles. The van der Waals surface area contributed by atoms with Gasteiger partial charge >= 0.3 is 0 Å². The molecule has 0 atom stereocenters. The average molecular weight is 435 g/mol. The van der Waals surface area contributed by atoms with Gasteiger partial charge in [0.25, 0.3) is 5.69 Å². The van der Waals surface area contributed by atoms with Crippen molar-refractivity contribution in [3.05, 3.63) is 68.5 Å². The third-order valence-electron chi connectivity index (χ3n) is 5.26. The summed E-state index contributed by atoms with van der Waals surface area (Å²) in [5, 5.41) is 14.1. The lowest BCUT2D eigenvalue weighted by molar-refractivity contribution is -0.384. The first-order valence-corrected chi connectivity index (χ1v) is 10.1. The molecule has 2 aromatic carbocycles. The van der Waals surface area contributed by atoms with E-state index in [4.69, 9.17) is 11.6 Å². The maximum absolute atomic E-state index is 14.0. The Bertz CT molecular complexity index is 912. The van der Waals surface area contributed by atoms with Gasteiger partial charge in [-0.2, -0.15) is 0 Å². The number of carbonyl (C=O) groups is 1. The summed E-state index contributed by atoms with van der Waals surface area (Å²) in [6, 6.07) is 9.09. The van der Waals surface area contributed by atoms with E-state index in [2.05, 4.69) is 15.1 Å². The molecule has 1 heterocycles. The van der Waals surface area contributed by atoms with E-state index in [1.807, 2.05) is 0 Å². The molecule has 1 aliphatic rings. The summed E-state index contributed by atoms with van der Waals surface area (Å²) in [4.78, 5) is 27.0. The van der Waals surface area contributed by atoms with Crippen LogP contribution in [-0.4, -0.2) is 53.4 Å². The van der Waals surface area contributed by atoms with Crippen molar-refractivity contribution in [2.45, 2.75) is 19.9 Å². The second-order valence-corrected chi connectivity index (χ2v) is 7.78. The van der Waals surface area contributed by atoms with Gasteiger partial charge in [0.1, 0.15) is 5.82 Å². The number of nitro benzene ring substituents is 1. The van der Waals surface area contributed by atoms with E-state index >= 15 is 0 Å². The van der Waals surface area contributed by atoms with Crippen LogP contribution in [0.4, 0.5) is 15.8 Å². The van der Waals surface area contributed by atoms with Crippen molar-refractivity contribution < 1.29 is 14.1 Å². The van der Waals surface area contributed by atoms with Gasteiger partial charge in [0.15, 0.2) is 0 Å². The Hall–Kier alpha value is -2.55. The van der Waals surface area contributed by atoms with Crippen molar-refractivity contribution >= 4 is 28.9 Å². The Labute approximate surface area is 179 Å². The van der Waals surface area contributed by atoms with E-state index in [1.165, 1.54) is 18.2 Å². The second-order valence-electron chi connectivity index (χ2n) is 7.37. The molecule has 0 aliphatic carbocycles. The molecule has 0 bridgehead atoms. The van der Waals surface area contributed by atoms with Crippen LogP contribution in [0, 0.1) is 22.9 Å². The second kappa shape index (κ2) is 9.97. The van der Waals surface area contributed by atoms with Crippen LogP contribution in [0.1, 0.15) is 17.5 Å². The van der Waals surface area contributed by atoms with E-state index in [0.29, 0.717) is 41.3 Å². The maximum atomic E-state index is 14.0. The highest BCUT2D eigenvalue weighted by molar-refractivity contribution is 6.31. The van der Waals surface area contributed by atoms with Crippen molar-refractivity contribution in [1.82, 2.24) is 9.80 Å². The third-order valence-corrected chi connectivity index (χ3v) is 5.61. The molecule has 1 fully saturated rings. The number of aryl methyl sites for hydroxylation is 1. The zero-order valence-electron chi connectivity index (χ0n) is 16.7. The first-order valence-electron chi connectivity index (χ1n) is 9.76. The Kier molecular flexibility index (Phi) is 7.36. The molecular weight excluding hydrogens is 411 g/mol. The molecule has 0 radical (unpaired) electrons. The van der Waals surface area contributed by atoms with Gasteiger partial charge in [-0.3, -0.25) is 19.8 Å². The maximum Gasteiger partial charge on any atom is 0.269 e. The topological polar surface area (TPSA) is 78.7 Å². The number of hydrogen-bond acceptors (Lipinski definition) is 5. The molecule has 3 rings (SSSR count). The van der Waals surface area contributed by atoms with Gasteiger partial charge in [-0.1, -0.05) is 17.7 Å². The zero-order valence-corrected chi connectivity index (χ0v) is 17.5. The molecule has 1 N–H and O–H groups in total. The van der Waals surface area contributed by atoms with Crippen LogP contribution in [0.3, 0.4) is 0 Å². The number of carbonyl (C=O) groups excluding carboxylic acids is 1. The number of hydrogen-bond donors (Lipinski definition) is 1. The van der Waals surface area contributed by atoms with E-state index < -0.39 is 4.92 Å². The van der Waals surface area contributed by atoms with Crippen molar-refractivity contribution in [1.29, 1.82) is 0 Å². The minimum absolute atomic E-state index is 0.0000383. The monoisotopic (exact) mass is 434 g/mol. The number of halogens is 2. The first kappa shape index (κ1) is 22.1. The molecule has 7 nitrogen and oxygen atoms in total. The highest BCUT2D eigenvalue weighted by Gasteiger charge is 2.20. The summed E-state index contributed by atoms with van der Waals surface area (Å²) in [6.07, 6.45) is 0.329. The quantitative estimate of drug-likeness (QED) is 0.529. The minimum Gasteiger partial charge on any atom is -0.326 e. The summed E-state index contributed by atoms with van der Waals surface area (Å²) < 4.78 is 14.0. The van der Waals surface area contributed by atoms with Crippen LogP contribution in [0.15, 0.2) is 36.4 Å². The number of benzene rings is 2. The molecule has 160 valence electrons. The molecule has 9 heteroatoms. The summed E-state index contributed by atoms with van der Waals surface area (Å²) >= 11 is 6.11. The van der Waals surface area contributed by atoms with Gasteiger partial charge in [-0.25, -0.2) is 4.39 Å². The Morgan fingerprint density at radius 3 is 2.53 bits per heavy atom. The average Bonchev–Trinajstić information content (AvgIpc) is 2.71. The molecule has 0 unspecified atom stereocenters.